The highest BCUT2D eigenvalue weighted by atomic mass is 32.2. The molecule has 0 saturated heterocycles. The number of rotatable bonds is 7. The van der Waals surface area contributed by atoms with Crippen LogP contribution in [0.1, 0.15) is 24.9 Å². The second-order valence-electron chi connectivity index (χ2n) is 4.82. The molecular weight excluding hydrogens is 266 g/mol. The summed E-state index contributed by atoms with van der Waals surface area (Å²) in [5.41, 5.74) is 6.20. The van der Waals surface area contributed by atoms with E-state index in [2.05, 4.69) is 18.1 Å². The Kier molecular flexibility index (Phi) is 6.75. The van der Waals surface area contributed by atoms with Crippen LogP contribution in [0.2, 0.25) is 0 Å². The van der Waals surface area contributed by atoms with Crippen LogP contribution in [0.4, 0.5) is 8.78 Å². The lowest BCUT2D eigenvalue weighted by molar-refractivity contribution is 0.266. The molecule has 0 aliphatic heterocycles. The van der Waals surface area contributed by atoms with Gasteiger partial charge in [-0.25, -0.2) is 8.78 Å². The van der Waals surface area contributed by atoms with Crippen molar-refractivity contribution in [2.75, 3.05) is 25.6 Å². The minimum atomic E-state index is -0.836. The summed E-state index contributed by atoms with van der Waals surface area (Å²) in [7, 11) is 2.02. The molecule has 0 aromatic heterocycles. The Morgan fingerprint density at radius 2 is 2.05 bits per heavy atom. The zero-order chi connectivity index (χ0) is 14.4. The van der Waals surface area contributed by atoms with Crippen LogP contribution in [0.25, 0.3) is 0 Å². The number of benzene rings is 1. The van der Waals surface area contributed by atoms with Crippen molar-refractivity contribution in [2.24, 2.45) is 5.73 Å². The number of thioether (sulfide) groups is 1. The van der Waals surface area contributed by atoms with Gasteiger partial charge in [-0.15, -0.1) is 0 Å². The number of hydrogen-bond donors (Lipinski definition) is 1. The second kappa shape index (κ2) is 7.82. The topological polar surface area (TPSA) is 29.3 Å². The van der Waals surface area contributed by atoms with Crippen LogP contribution in [0.5, 0.6) is 0 Å². The molecule has 0 radical (unpaired) electrons. The van der Waals surface area contributed by atoms with E-state index in [1.54, 1.807) is 17.8 Å². The van der Waals surface area contributed by atoms with Gasteiger partial charge in [-0.2, -0.15) is 11.8 Å². The van der Waals surface area contributed by atoms with Gasteiger partial charge in [0.15, 0.2) is 11.6 Å². The summed E-state index contributed by atoms with van der Waals surface area (Å²) >= 11 is 1.79. The number of halogens is 2. The molecule has 1 aromatic rings. The average Bonchev–Trinajstić information content (AvgIpc) is 2.39. The van der Waals surface area contributed by atoms with Crippen molar-refractivity contribution < 1.29 is 8.78 Å². The molecule has 0 bridgehead atoms. The standard InChI is InChI=1S/C14H22F2N2S/c1-10(9-19-3)18(2)8-7-13(17)11-5-4-6-12(15)14(11)16/h4-6,10,13H,7-9,17H2,1-3H3. The molecule has 0 aliphatic carbocycles. The van der Waals surface area contributed by atoms with E-state index in [9.17, 15) is 8.78 Å². The van der Waals surface area contributed by atoms with Crippen LogP contribution in [0.3, 0.4) is 0 Å². The molecule has 0 aliphatic rings. The Morgan fingerprint density at radius 3 is 2.68 bits per heavy atom. The van der Waals surface area contributed by atoms with Crippen LogP contribution < -0.4 is 5.73 Å². The monoisotopic (exact) mass is 288 g/mol. The zero-order valence-electron chi connectivity index (χ0n) is 11.7. The van der Waals surface area contributed by atoms with Gasteiger partial charge in [0, 0.05) is 23.4 Å². The predicted octanol–water partition coefficient (Wildman–Crippen LogP) is 3.04. The predicted molar refractivity (Wildman–Crippen MR) is 78.4 cm³/mol. The first-order valence-corrected chi connectivity index (χ1v) is 7.75. The molecule has 1 aromatic carbocycles. The summed E-state index contributed by atoms with van der Waals surface area (Å²) in [4.78, 5) is 2.19. The fourth-order valence-corrected chi connectivity index (χ4v) is 2.63. The highest BCUT2D eigenvalue weighted by Gasteiger charge is 2.16. The molecule has 5 heteroatoms. The van der Waals surface area contributed by atoms with Gasteiger partial charge in [-0.1, -0.05) is 12.1 Å². The quantitative estimate of drug-likeness (QED) is 0.836. The maximum Gasteiger partial charge on any atom is 0.163 e. The Hall–Kier alpha value is -0.650. The lowest BCUT2D eigenvalue weighted by atomic mass is 10.0. The molecule has 0 heterocycles. The van der Waals surface area contributed by atoms with Crippen LogP contribution >= 0.6 is 11.8 Å². The van der Waals surface area contributed by atoms with Gasteiger partial charge in [0.2, 0.25) is 0 Å². The van der Waals surface area contributed by atoms with Gasteiger partial charge in [-0.05, 0) is 39.3 Å². The second-order valence-corrected chi connectivity index (χ2v) is 5.73. The van der Waals surface area contributed by atoms with Gasteiger partial charge in [0.05, 0.1) is 0 Å². The minimum Gasteiger partial charge on any atom is -0.324 e. The third-order valence-electron chi connectivity index (χ3n) is 3.33. The van der Waals surface area contributed by atoms with Crippen molar-refractivity contribution in [1.82, 2.24) is 4.90 Å². The normalized spacial score (nSPS) is 14.7. The van der Waals surface area contributed by atoms with E-state index in [0.29, 0.717) is 12.5 Å². The first kappa shape index (κ1) is 16.4. The molecule has 19 heavy (non-hydrogen) atoms. The van der Waals surface area contributed by atoms with E-state index in [0.717, 1.165) is 18.4 Å². The van der Waals surface area contributed by atoms with Crippen LogP contribution in [-0.4, -0.2) is 36.5 Å². The van der Waals surface area contributed by atoms with Crippen LogP contribution in [0.15, 0.2) is 18.2 Å². The zero-order valence-corrected chi connectivity index (χ0v) is 12.5. The largest absolute Gasteiger partial charge is 0.324 e. The molecule has 2 atom stereocenters. The highest BCUT2D eigenvalue weighted by molar-refractivity contribution is 7.98. The molecule has 2 unspecified atom stereocenters. The summed E-state index contributed by atoms with van der Waals surface area (Å²) in [6.07, 6.45) is 2.67. The first-order valence-electron chi connectivity index (χ1n) is 6.36. The van der Waals surface area contributed by atoms with Gasteiger partial charge < -0.3 is 10.6 Å². The summed E-state index contributed by atoms with van der Waals surface area (Å²) in [5.74, 6) is -0.619. The Morgan fingerprint density at radius 1 is 1.37 bits per heavy atom. The molecule has 0 amide bonds. The van der Waals surface area contributed by atoms with E-state index in [4.69, 9.17) is 5.73 Å². The van der Waals surface area contributed by atoms with Gasteiger partial charge in [0.1, 0.15) is 0 Å². The fourth-order valence-electron chi connectivity index (χ4n) is 1.89. The number of nitrogens with zero attached hydrogens (tertiary/aromatic N) is 1. The molecule has 1 rings (SSSR count). The van der Waals surface area contributed by atoms with Crippen LogP contribution in [-0.2, 0) is 0 Å². The molecule has 2 N–H and O–H groups in total. The molecular formula is C14H22F2N2S. The maximum atomic E-state index is 13.6. The summed E-state index contributed by atoms with van der Waals surface area (Å²) in [6.45, 7) is 2.91. The third kappa shape index (κ3) is 4.75. The van der Waals surface area contributed by atoms with E-state index in [-0.39, 0.29) is 5.56 Å². The Balaban J connectivity index is 2.55. The molecule has 0 fully saturated rings. The van der Waals surface area contributed by atoms with Crippen molar-refractivity contribution in [1.29, 1.82) is 0 Å². The van der Waals surface area contributed by atoms with Crippen molar-refractivity contribution in [3.8, 4) is 0 Å². The average molecular weight is 288 g/mol. The molecule has 108 valence electrons. The number of nitrogens with two attached hydrogens (primary N) is 1. The van der Waals surface area contributed by atoms with Crippen molar-refractivity contribution >= 4 is 11.8 Å². The minimum absolute atomic E-state index is 0.255. The fraction of sp³-hybridized carbons (Fsp3) is 0.571. The van der Waals surface area contributed by atoms with E-state index in [1.807, 2.05) is 7.05 Å². The molecule has 2 nitrogen and oxygen atoms in total. The van der Waals surface area contributed by atoms with E-state index < -0.39 is 17.7 Å². The van der Waals surface area contributed by atoms with Gasteiger partial charge >= 0.3 is 0 Å². The lowest BCUT2D eigenvalue weighted by Crippen LogP contribution is -2.33. The van der Waals surface area contributed by atoms with E-state index >= 15 is 0 Å². The summed E-state index contributed by atoms with van der Waals surface area (Å²) in [6, 6.07) is 4.12. The van der Waals surface area contributed by atoms with Crippen molar-refractivity contribution in [3.05, 3.63) is 35.4 Å². The smallest absolute Gasteiger partial charge is 0.163 e. The van der Waals surface area contributed by atoms with Crippen molar-refractivity contribution in [2.45, 2.75) is 25.4 Å². The van der Waals surface area contributed by atoms with Crippen molar-refractivity contribution in [3.63, 3.8) is 0 Å². The first-order chi connectivity index (χ1) is 8.97. The van der Waals surface area contributed by atoms with Gasteiger partial charge in [0.25, 0.3) is 0 Å². The summed E-state index contributed by atoms with van der Waals surface area (Å²) < 4.78 is 26.7. The highest BCUT2D eigenvalue weighted by Crippen LogP contribution is 2.20. The van der Waals surface area contributed by atoms with E-state index in [1.165, 1.54) is 6.07 Å². The van der Waals surface area contributed by atoms with Crippen LogP contribution in [0, 0.1) is 11.6 Å². The molecule has 0 saturated carbocycles. The molecule has 0 spiro atoms. The van der Waals surface area contributed by atoms with Gasteiger partial charge in [-0.3, -0.25) is 0 Å². The maximum absolute atomic E-state index is 13.6. The summed E-state index contributed by atoms with van der Waals surface area (Å²) in [5, 5.41) is 0. The lowest BCUT2D eigenvalue weighted by Gasteiger charge is -2.25. The Bertz CT molecular complexity index is 401. The SMILES string of the molecule is CSCC(C)N(C)CCC(N)c1cccc(F)c1F. The third-order valence-corrected chi connectivity index (χ3v) is 4.15. The number of hydrogen-bond acceptors (Lipinski definition) is 3. The Labute approximate surface area is 118 Å².